The lowest BCUT2D eigenvalue weighted by Crippen LogP contribution is -2.64. The Kier molecular flexibility index (Phi) is 16.8. The number of aliphatic hydroxyl groups excluding tert-OH is 1. The second-order valence-corrected chi connectivity index (χ2v) is 21.2. The molecular weight excluding hydrogens is 963 g/mol. The van der Waals surface area contributed by atoms with E-state index in [-0.39, 0.29) is 50.6 Å². The van der Waals surface area contributed by atoms with E-state index in [0.717, 1.165) is 113 Å². The van der Waals surface area contributed by atoms with Crippen LogP contribution in [0, 0.1) is 17.8 Å². The van der Waals surface area contributed by atoms with E-state index in [9.17, 15) is 22.3 Å². The van der Waals surface area contributed by atoms with Gasteiger partial charge in [0.15, 0.2) is 0 Å². The van der Waals surface area contributed by atoms with E-state index >= 15 is 0 Å². The molecule has 0 amide bonds. The molecule has 4 fully saturated rings. The van der Waals surface area contributed by atoms with Crippen LogP contribution in [-0.2, 0) is 52.1 Å². The summed E-state index contributed by atoms with van der Waals surface area (Å²) in [6.07, 6.45) is 11.8. The van der Waals surface area contributed by atoms with E-state index in [0.29, 0.717) is 43.4 Å². The van der Waals surface area contributed by atoms with E-state index in [4.69, 9.17) is 37.8 Å². The molecule has 2 aliphatic carbocycles. The van der Waals surface area contributed by atoms with Crippen molar-refractivity contribution in [2.45, 2.75) is 49.7 Å². The zero-order valence-electron chi connectivity index (χ0n) is 41.8. The number of fused-ring (bicyclic) bond motifs is 6. The Hall–Kier alpha value is -5.45. The van der Waals surface area contributed by atoms with E-state index in [1.54, 1.807) is 12.1 Å². The second kappa shape index (κ2) is 23.4. The first kappa shape index (κ1) is 52.4. The minimum absolute atomic E-state index is 0.0433. The highest BCUT2D eigenvalue weighted by Crippen LogP contribution is 2.51. The van der Waals surface area contributed by atoms with Crippen LogP contribution in [0.2, 0.25) is 0 Å². The number of aromatic nitrogens is 6. The average molecular weight is 1030 g/mol. The molecule has 17 nitrogen and oxygen atoms in total. The Labute approximate surface area is 424 Å². The third-order valence-corrected chi connectivity index (χ3v) is 15.5. The van der Waals surface area contributed by atoms with E-state index < -0.39 is 23.5 Å². The molecule has 8 heterocycles. The summed E-state index contributed by atoms with van der Waals surface area (Å²) in [5.74, 6) is 2.09. The third kappa shape index (κ3) is 12.1. The minimum atomic E-state index is -3.74. The van der Waals surface area contributed by atoms with Gasteiger partial charge in [-0.3, -0.25) is 14.2 Å². The molecule has 20 heteroatoms. The van der Waals surface area contributed by atoms with E-state index in [1.807, 2.05) is 43.8 Å². The maximum atomic E-state index is 11.9. The zero-order valence-corrected chi connectivity index (χ0v) is 42.7. The Morgan fingerprint density at radius 1 is 0.589 bits per heavy atom. The topological polar surface area (TPSA) is 178 Å². The molecule has 73 heavy (non-hydrogen) atoms. The summed E-state index contributed by atoms with van der Waals surface area (Å²) in [4.78, 5) is 23.1. The first-order chi connectivity index (χ1) is 35.4. The van der Waals surface area contributed by atoms with Gasteiger partial charge in [0, 0.05) is 97.4 Å². The molecule has 6 aromatic heterocycles. The highest BCUT2D eigenvalue weighted by Gasteiger charge is 2.54. The highest BCUT2D eigenvalue weighted by molar-refractivity contribution is 7.86. The van der Waals surface area contributed by atoms with Gasteiger partial charge < -0.3 is 47.7 Å². The average Bonchev–Trinajstić information content (AvgIpc) is 3.80. The van der Waals surface area contributed by atoms with Gasteiger partial charge in [0.1, 0.15) is 36.3 Å². The van der Waals surface area contributed by atoms with Crippen molar-refractivity contribution in [3.05, 3.63) is 91.0 Å². The number of nitrogens with zero attached hydrogens (tertiary/aromatic N) is 8. The number of ether oxygens (including phenoxy) is 5. The standard InChI is InChI=1S/C23H29FN4O3.C17H18N4O.C13H19FO5S/c1-27-20-4-6-25-14-19(20)18-2-3-21(26-22(18)27)28-15-23(16-28)12-17(13-23)31-11-10-30-9-8-29-7-5-24;1-20-14-4-5-18-8-13(14)12-2-3-15(19-16(12)20)21-9-17(10-21)6-11(22)7-17;1-12-2-4-13(5-3-12)20(15,16)19-11-10-18-9-8-17-7-6-14/h2-4,6,14,17H,5,7-13,15-16H2,1H3;2-5,8,11,22H,6-7,9-10H2,1H3;2-5H,6-11H2,1H3. The van der Waals surface area contributed by atoms with Gasteiger partial charge in [0.05, 0.1) is 94.2 Å². The number of hydrogen-bond acceptors (Lipinski definition) is 15. The Balaban J connectivity index is 0.000000139. The number of alkyl halides is 2. The summed E-state index contributed by atoms with van der Waals surface area (Å²) in [6, 6.07) is 19.0. The largest absolute Gasteiger partial charge is 0.393 e. The van der Waals surface area contributed by atoms with Crippen molar-refractivity contribution in [3.8, 4) is 0 Å². The van der Waals surface area contributed by atoms with Crippen LogP contribution in [0.1, 0.15) is 31.2 Å². The lowest BCUT2D eigenvalue weighted by atomic mass is 9.62. The van der Waals surface area contributed by atoms with Crippen LogP contribution in [0.5, 0.6) is 0 Å². The summed E-state index contributed by atoms with van der Waals surface area (Å²) in [5.41, 5.74) is 6.05. The molecule has 0 radical (unpaired) electrons. The fraction of sp³-hybridized carbons (Fsp3) is 0.509. The van der Waals surface area contributed by atoms with Gasteiger partial charge >= 0.3 is 0 Å². The lowest BCUT2D eigenvalue weighted by molar-refractivity contribution is -0.105. The normalized spacial score (nSPS) is 17.1. The number of halogens is 2. The number of hydrogen-bond donors (Lipinski definition) is 1. The molecule has 0 unspecified atom stereocenters. The minimum Gasteiger partial charge on any atom is -0.393 e. The van der Waals surface area contributed by atoms with Gasteiger partial charge in [-0.25, -0.2) is 18.7 Å². The highest BCUT2D eigenvalue weighted by atomic mass is 32.2. The van der Waals surface area contributed by atoms with E-state index in [1.165, 1.54) is 12.1 Å². The number of aryl methyl sites for hydroxylation is 3. The maximum Gasteiger partial charge on any atom is 0.297 e. The number of aliphatic hydroxyl groups is 1. The predicted octanol–water partition coefficient (Wildman–Crippen LogP) is 6.90. The molecule has 2 aliphatic heterocycles. The monoisotopic (exact) mass is 1030 g/mol. The smallest absolute Gasteiger partial charge is 0.297 e. The summed E-state index contributed by atoms with van der Waals surface area (Å²) in [7, 11) is 0.381. The Morgan fingerprint density at radius 2 is 1.04 bits per heavy atom. The van der Waals surface area contributed by atoms with Crippen LogP contribution in [-0.4, -0.2) is 160 Å². The third-order valence-electron chi connectivity index (χ3n) is 14.2. The van der Waals surface area contributed by atoms with Crippen LogP contribution in [0.3, 0.4) is 0 Å². The van der Waals surface area contributed by atoms with Crippen molar-refractivity contribution < 1.29 is 50.2 Å². The van der Waals surface area contributed by atoms with Gasteiger partial charge in [-0.15, -0.1) is 0 Å². The second-order valence-electron chi connectivity index (χ2n) is 19.6. The fourth-order valence-electron chi connectivity index (χ4n) is 10.5. The number of anilines is 2. The molecule has 2 saturated carbocycles. The van der Waals surface area contributed by atoms with Crippen molar-refractivity contribution in [2.75, 3.05) is 115 Å². The number of benzene rings is 1. The van der Waals surface area contributed by atoms with Crippen LogP contribution in [0.15, 0.2) is 90.3 Å². The van der Waals surface area contributed by atoms with Gasteiger partial charge in [-0.05, 0) is 81.1 Å². The first-order valence-corrected chi connectivity index (χ1v) is 26.4. The molecule has 392 valence electrons. The summed E-state index contributed by atoms with van der Waals surface area (Å²) in [5, 5.41) is 14.1. The van der Waals surface area contributed by atoms with Crippen LogP contribution in [0.25, 0.3) is 43.9 Å². The Bertz CT molecular complexity index is 3040. The molecule has 0 atom stereocenters. The predicted molar refractivity (Wildman–Crippen MR) is 275 cm³/mol. The number of pyridine rings is 4. The summed E-state index contributed by atoms with van der Waals surface area (Å²) < 4.78 is 82.6. The van der Waals surface area contributed by atoms with Gasteiger partial charge in [0.2, 0.25) is 0 Å². The lowest BCUT2D eigenvalue weighted by Gasteiger charge is -2.59. The van der Waals surface area contributed by atoms with Crippen molar-refractivity contribution in [2.24, 2.45) is 24.9 Å². The maximum absolute atomic E-state index is 11.9. The van der Waals surface area contributed by atoms with Crippen molar-refractivity contribution in [1.29, 1.82) is 0 Å². The zero-order chi connectivity index (χ0) is 51.0. The molecule has 2 spiro atoms. The number of rotatable bonds is 21. The Morgan fingerprint density at radius 3 is 1.52 bits per heavy atom. The molecular formula is C53H66F2N8O9S. The SMILES string of the molecule is Cc1ccc(S(=O)(=O)OCCOCCOCCF)cc1.Cn1c2ccncc2c2ccc(N3CC4(CC(O)C4)C3)nc21.Cn1c2ccncc2c2ccc(N3CC4(CC(OCCOCCOCCF)C4)C3)nc21. The van der Waals surface area contributed by atoms with Gasteiger partial charge in [0.25, 0.3) is 10.1 Å². The molecule has 1 N–H and O–H groups in total. The van der Waals surface area contributed by atoms with Crippen LogP contribution < -0.4 is 9.80 Å². The molecule has 2 saturated heterocycles. The van der Waals surface area contributed by atoms with Crippen LogP contribution in [0.4, 0.5) is 20.4 Å². The fourth-order valence-corrected chi connectivity index (χ4v) is 11.4. The van der Waals surface area contributed by atoms with Crippen molar-refractivity contribution in [1.82, 2.24) is 29.1 Å². The molecule has 1 aromatic carbocycles. The molecule has 4 aliphatic rings. The van der Waals surface area contributed by atoms with E-state index in [2.05, 4.69) is 67.3 Å². The quantitative estimate of drug-likeness (QED) is 0.0581. The van der Waals surface area contributed by atoms with Gasteiger partial charge in [-0.2, -0.15) is 8.42 Å². The first-order valence-electron chi connectivity index (χ1n) is 25.0. The van der Waals surface area contributed by atoms with Crippen molar-refractivity contribution in [3.63, 3.8) is 0 Å². The van der Waals surface area contributed by atoms with Crippen molar-refractivity contribution >= 4 is 65.6 Å². The van der Waals surface area contributed by atoms with Gasteiger partial charge in [-0.1, -0.05) is 17.7 Å². The molecule has 11 rings (SSSR count). The van der Waals surface area contributed by atoms with Crippen LogP contribution >= 0.6 is 0 Å². The summed E-state index contributed by atoms with van der Waals surface area (Å²) in [6.45, 7) is 7.88. The molecule has 0 bridgehead atoms. The summed E-state index contributed by atoms with van der Waals surface area (Å²) >= 11 is 0. The molecule has 7 aromatic rings.